The maximum absolute atomic E-state index is 9.20. The van der Waals surface area contributed by atoms with Crippen LogP contribution in [0.3, 0.4) is 0 Å². The Hall–Kier alpha value is -1.10. The number of nitrogens with zero attached hydrogens (tertiary/aromatic N) is 1. The molecule has 0 aliphatic carbocycles. The summed E-state index contributed by atoms with van der Waals surface area (Å²) in [5.41, 5.74) is 1.23. The van der Waals surface area contributed by atoms with Crippen molar-refractivity contribution in [3.8, 4) is 5.75 Å². The maximum atomic E-state index is 9.20. The number of aliphatic hydroxyl groups is 1. The fourth-order valence-corrected chi connectivity index (χ4v) is 2.63. The first kappa shape index (κ1) is 14.3. The van der Waals surface area contributed by atoms with Gasteiger partial charge in [0.25, 0.3) is 0 Å². The van der Waals surface area contributed by atoms with Gasteiger partial charge in [0.1, 0.15) is 5.75 Å². The minimum atomic E-state index is 0.205. The van der Waals surface area contributed by atoms with Gasteiger partial charge in [-0.1, -0.05) is 12.1 Å². The summed E-state index contributed by atoms with van der Waals surface area (Å²) in [5.74, 6) is 0.889. The van der Waals surface area contributed by atoms with Crippen molar-refractivity contribution >= 4 is 0 Å². The number of hydrogen-bond donors (Lipinski definition) is 2. The summed E-state index contributed by atoms with van der Waals surface area (Å²) < 4.78 is 5.25. The Balaban J connectivity index is 1.94. The number of rotatable bonds is 7. The molecule has 1 atom stereocenters. The normalized spacial score (nSPS) is 19.0. The molecule has 2 rings (SSSR count). The van der Waals surface area contributed by atoms with Crippen LogP contribution in [0.2, 0.25) is 0 Å². The average Bonchev–Trinajstić information content (AvgIpc) is 2.92. The number of aliphatic hydroxyl groups excluding tert-OH is 1. The van der Waals surface area contributed by atoms with Crippen molar-refractivity contribution in [3.05, 3.63) is 29.8 Å². The SMILES string of the molecule is COc1cccc(CN(CCO)CC2CCCN2)c1. The summed E-state index contributed by atoms with van der Waals surface area (Å²) >= 11 is 0. The van der Waals surface area contributed by atoms with E-state index in [2.05, 4.69) is 22.3 Å². The number of ether oxygens (including phenoxy) is 1. The highest BCUT2D eigenvalue weighted by molar-refractivity contribution is 5.28. The van der Waals surface area contributed by atoms with E-state index < -0.39 is 0 Å². The summed E-state index contributed by atoms with van der Waals surface area (Å²) in [6.45, 7) is 3.90. The van der Waals surface area contributed by atoms with Crippen LogP contribution < -0.4 is 10.1 Å². The molecular formula is C15H24N2O2. The molecule has 1 aromatic carbocycles. The third kappa shape index (κ3) is 4.49. The third-order valence-electron chi connectivity index (χ3n) is 3.60. The smallest absolute Gasteiger partial charge is 0.119 e. The summed E-state index contributed by atoms with van der Waals surface area (Å²) in [7, 11) is 1.69. The van der Waals surface area contributed by atoms with E-state index in [0.29, 0.717) is 6.04 Å². The van der Waals surface area contributed by atoms with Crippen LogP contribution in [0, 0.1) is 0 Å². The summed E-state index contributed by atoms with van der Waals surface area (Å²) in [6, 6.07) is 8.70. The number of hydrogen-bond acceptors (Lipinski definition) is 4. The lowest BCUT2D eigenvalue weighted by Crippen LogP contribution is -2.38. The molecule has 0 amide bonds. The van der Waals surface area contributed by atoms with E-state index in [1.54, 1.807) is 7.11 Å². The third-order valence-corrected chi connectivity index (χ3v) is 3.60. The molecule has 1 unspecified atom stereocenters. The minimum Gasteiger partial charge on any atom is -0.497 e. The van der Waals surface area contributed by atoms with Crippen LogP contribution >= 0.6 is 0 Å². The number of nitrogens with one attached hydrogen (secondary N) is 1. The van der Waals surface area contributed by atoms with Crippen molar-refractivity contribution in [3.63, 3.8) is 0 Å². The van der Waals surface area contributed by atoms with Crippen LogP contribution in [0.25, 0.3) is 0 Å². The van der Waals surface area contributed by atoms with E-state index in [1.807, 2.05) is 12.1 Å². The minimum absolute atomic E-state index is 0.205. The van der Waals surface area contributed by atoms with Gasteiger partial charge in [0.05, 0.1) is 13.7 Å². The summed E-state index contributed by atoms with van der Waals surface area (Å²) in [5, 5.41) is 12.7. The average molecular weight is 264 g/mol. The summed E-state index contributed by atoms with van der Waals surface area (Å²) in [4.78, 5) is 2.30. The highest BCUT2D eigenvalue weighted by atomic mass is 16.5. The van der Waals surface area contributed by atoms with Crippen LogP contribution in [0.1, 0.15) is 18.4 Å². The second kappa shape index (κ2) is 7.48. The molecule has 0 spiro atoms. The van der Waals surface area contributed by atoms with Crippen molar-refractivity contribution in [1.82, 2.24) is 10.2 Å². The second-order valence-electron chi connectivity index (χ2n) is 5.10. The van der Waals surface area contributed by atoms with Gasteiger partial charge in [-0.25, -0.2) is 0 Å². The Labute approximate surface area is 115 Å². The van der Waals surface area contributed by atoms with E-state index in [4.69, 9.17) is 4.74 Å². The Morgan fingerprint density at radius 3 is 3.05 bits per heavy atom. The number of benzene rings is 1. The van der Waals surface area contributed by atoms with Gasteiger partial charge in [0, 0.05) is 25.7 Å². The van der Waals surface area contributed by atoms with E-state index >= 15 is 0 Å². The molecule has 2 N–H and O–H groups in total. The van der Waals surface area contributed by atoms with Gasteiger partial charge in [0.15, 0.2) is 0 Å². The zero-order valence-electron chi connectivity index (χ0n) is 11.6. The predicted octanol–water partition coefficient (Wildman–Crippen LogP) is 1.24. The van der Waals surface area contributed by atoms with Crippen molar-refractivity contribution in [2.75, 3.05) is 33.4 Å². The Kier molecular flexibility index (Phi) is 5.63. The van der Waals surface area contributed by atoms with Crippen molar-refractivity contribution in [2.24, 2.45) is 0 Å². The van der Waals surface area contributed by atoms with Gasteiger partial charge in [-0.15, -0.1) is 0 Å². The fourth-order valence-electron chi connectivity index (χ4n) is 2.63. The molecule has 0 saturated carbocycles. The molecule has 1 fully saturated rings. The zero-order valence-corrected chi connectivity index (χ0v) is 11.6. The molecule has 1 aliphatic rings. The molecule has 1 heterocycles. The predicted molar refractivity (Wildman–Crippen MR) is 76.4 cm³/mol. The first-order chi connectivity index (χ1) is 9.31. The highest BCUT2D eigenvalue weighted by Crippen LogP contribution is 2.15. The molecule has 1 aliphatic heterocycles. The van der Waals surface area contributed by atoms with Crippen LogP contribution in [0.4, 0.5) is 0 Å². The molecule has 0 radical (unpaired) electrons. The molecule has 106 valence electrons. The van der Waals surface area contributed by atoms with Gasteiger partial charge in [0.2, 0.25) is 0 Å². The lowest BCUT2D eigenvalue weighted by Gasteiger charge is -2.25. The lowest BCUT2D eigenvalue weighted by atomic mass is 10.1. The molecule has 1 aromatic rings. The molecule has 4 heteroatoms. The van der Waals surface area contributed by atoms with Crippen LogP contribution in [-0.4, -0.2) is 49.4 Å². The van der Waals surface area contributed by atoms with Crippen LogP contribution in [-0.2, 0) is 6.54 Å². The van der Waals surface area contributed by atoms with Gasteiger partial charge in [-0.2, -0.15) is 0 Å². The quantitative estimate of drug-likeness (QED) is 0.778. The summed E-state index contributed by atoms with van der Waals surface area (Å²) in [6.07, 6.45) is 2.50. The Morgan fingerprint density at radius 2 is 2.37 bits per heavy atom. The first-order valence-electron chi connectivity index (χ1n) is 7.01. The van der Waals surface area contributed by atoms with E-state index in [-0.39, 0.29) is 6.61 Å². The lowest BCUT2D eigenvalue weighted by molar-refractivity contribution is 0.179. The molecule has 19 heavy (non-hydrogen) atoms. The molecule has 4 nitrogen and oxygen atoms in total. The van der Waals surface area contributed by atoms with E-state index in [1.165, 1.54) is 18.4 Å². The first-order valence-corrected chi connectivity index (χ1v) is 7.01. The van der Waals surface area contributed by atoms with E-state index in [9.17, 15) is 5.11 Å². The fraction of sp³-hybridized carbons (Fsp3) is 0.600. The molecule has 1 saturated heterocycles. The van der Waals surface area contributed by atoms with Crippen molar-refractivity contribution < 1.29 is 9.84 Å². The zero-order chi connectivity index (χ0) is 13.5. The standard InChI is InChI=1S/C15H24N2O2/c1-19-15-6-2-4-13(10-15)11-17(8-9-18)12-14-5-3-7-16-14/h2,4,6,10,14,16,18H,3,5,7-9,11-12H2,1H3. The maximum Gasteiger partial charge on any atom is 0.119 e. The van der Waals surface area contributed by atoms with Crippen molar-refractivity contribution in [2.45, 2.75) is 25.4 Å². The second-order valence-corrected chi connectivity index (χ2v) is 5.10. The Morgan fingerprint density at radius 1 is 1.47 bits per heavy atom. The highest BCUT2D eigenvalue weighted by Gasteiger charge is 2.17. The van der Waals surface area contributed by atoms with Gasteiger partial charge in [-0.05, 0) is 37.1 Å². The Bertz CT molecular complexity index is 378. The van der Waals surface area contributed by atoms with Gasteiger partial charge < -0.3 is 15.2 Å². The van der Waals surface area contributed by atoms with Crippen molar-refractivity contribution in [1.29, 1.82) is 0 Å². The van der Waals surface area contributed by atoms with Crippen LogP contribution in [0.5, 0.6) is 5.75 Å². The monoisotopic (exact) mass is 264 g/mol. The topological polar surface area (TPSA) is 44.7 Å². The number of methoxy groups -OCH3 is 1. The van der Waals surface area contributed by atoms with Crippen LogP contribution in [0.15, 0.2) is 24.3 Å². The molecular weight excluding hydrogens is 240 g/mol. The van der Waals surface area contributed by atoms with Gasteiger partial charge in [-0.3, -0.25) is 4.90 Å². The van der Waals surface area contributed by atoms with Gasteiger partial charge >= 0.3 is 0 Å². The largest absolute Gasteiger partial charge is 0.497 e. The van der Waals surface area contributed by atoms with E-state index in [0.717, 1.165) is 31.9 Å². The molecule has 0 aromatic heterocycles. The molecule has 0 bridgehead atoms.